The van der Waals surface area contributed by atoms with Crippen molar-refractivity contribution < 1.29 is 4.79 Å². The van der Waals surface area contributed by atoms with Crippen molar-refractivity contribution in [1.29, 1.82) is 0 Å². The highest BCUT2D eigenvalue weighted by atomic mass is 16.1. The van der Waals surface area contributed by atoms with Gasteiger partial charge >= 0.3 is 0 Å². The Morgan fingerprint density at radius 3 is 2.47 bits per heavy atom. The summed E-state index contributed by atoms with van der Waals surface area (Å²) < 4.78 is 0. The Kier molecular flexibility index (Phi) is 5.26. The minimum atomic E-state index is 0.156. The predicted molar refractivity (Wildman–Crippen MR) is 78.9 cm³/mol. The summed E-state index contributed by atoms with van der Waals surface area (Å²) in [6.07, 6.45) is 7.72. The summed E-state index contributed by atoms with van der Waals surface area (Å²) in [5.41, 5.74) is 0. The van der Waals surface area contributed by atoms with Crippen molar-refractivity contribution in [3.63, 3.8) is 0 Å². The second-order valence-corrected chi connectivity index (χ2v) is 6.59. The molecule has 0 radical (unpaired) electrons. The molecule has 19 heavy (non-hydrogen) atoms. The third-order valence-electron chi connectivity index (χ3n) is 5.37. The molecule has 0 aromatic carbocycles. The Bertz CT molecular complexity index is 301. The van der Waals surface area contributed by atoms with Gasteiger partial charge in [-0.2, -0.15) is 0 Å². The molecule has 4 unspecified atom stereocenters. The lowest BCUT2D eigenvalue weighted by molar-refractivity contribution is -0.121. The average Bonchev–Trinajstić information content (AvgIpc) is 3.04. The predicted octanol–water partition coefficient (Wildman–Crippen LogP) is 2.71. The number of fused-ring (bicyclic) bond motifs is 2. The molecule has 2 fully saturated rings. The molecular weight excluding hydrogens is 236 g/mol. The number of hydrogen-bond acceptors (Lipinski definition) is 2. The van der Waals surface area contributed by atoms with Gasteiger partial charge in [0, 0.05) is 12.1 Å². The normalized spacial score (nSPS) is 30.8. The van der Waals surface area contributed by atoms with E-state index >= 15 is 0 Å². The van der Waals surface area contributed by atoms with Gasteiger partial charge in [0.1, 0.15) is 0 Å². The number of carbonyl (C=O) groups is 1. The van der Waals surface area contributed by atoms with Gasteiger partial charge in [0.2, 0.25) is 5.91 Å². The number of hydrogen-bond donors (Lipinski definition) is 2. The van der Waals surface area contributed by atoms with E-state index in [0.717, 1.165) is 30.6 Å². The minimum Gasteiger partial charge on any atom is -0.352 e. The topological polar surface area (TPSA) is 41.1 Å². The van der Waals surface area contributed by atoms with E-state index in [0.29, 0.717) is 18.6 Å². The second-order valence-electron chi connectivity index (χ2n) is 6.59. The summed E-state index contributed by atoms with van der Waals surface area (Å²) in [6, 6.07) is 0.829. The van der Waals surface area contributed by atoms with Crippen LogP contribution in [-0.2, 0) is 4.79 Å². The lowest BCUT2D eigenvalue weighted by Crippen LogP contribution is -2.44. The molecule has 0 saturated heterocycles. The standard InChI is InChI=1S/C16H30N2O/c1-4-14(5-2)18-16(19)10-17-11(3)15-9-12-6-7-13(15)8-12/h11-15,17H,4-10H2,1-3H3,(H,18,19). The van der Waals surface area contributed by atoms with Crippen LogP contribution in [0.5, 0.6) is 0 Å². The van der Waals surface area contributed by atoms with Crippen LogP contribution in [-0.4, -0.2) is 24.5 Å². The maximum atomic E-state index is 11.9. The van der Waals surface area contributed by atoms with Crippen molar-refractivity contribution in [3.05, 3.63) is 0 Å². The quantitative estimate of drug-likeness (QED) is 0.744. The molecule has 0 spiro atoms. The largest absolute Gasteiger partial charge is 0.352 e. The Morgan fingerprint density at radius 2 is 1.95 bits per heavy atom. The summed E-state index contributed by atoms with van der Waals surface area (Å²) in [5.74, 6) is 2.87. The summed E-state index contributed by atoms with van der Waals surface area (Å²) in [4.78, 5) is 11.9. The molecule has 0 heterocycles. The second kappa shape index (κ2) is 6.74. The van der Waals surface area contributed by atoms with Crippen LogP contribution >= 0.6 is 0 Å². The Morgan fingerprint density at radius 1 is 1.21 bits per heavy atom. The first-order valence-electron chi connectivity index (χ1n) is 8.16. The Hall–Kier alpha value is -0.570. The number of carbonyl (C=O) groups excluding carboxylic acids is 1. The molecule has 110 valence electrons. The van der Waals surface area contributed by atoms with E-state index in [1.165, 1.54) is 25.7 Å². The molecule has 1 amide bonds. The molecule has 2 rings (SSSR count). The first-order valence-corrected chi connectivity index (χ1v) is 8.16. The minimum absolute atomic E-state index is 0.156. The van der Waals surface area contributed by atoms with Gasteiger partial charge in [-0.1, -0.05) is 20.3 Å². The molecule has 0 aromatic heterocycles. The molecule has 2 aliphatic rings. The van der Waals surface area contributed by atoms with E-state index in [1.807, 2.05) is 0 Å². The van der Waals surface area contributed by atoms with Gasteiger partial charge in [-0.3, -0.25) is 4.79 Å². The summed E-state index contributed by atoms with van der Waals surface area (Å²) in [7, 11) is 0. The van der Waals surface area contributed by atoms with Crippen molar-refractivity contribution in [3.8, 4) is 0 Å². The molecule has 2 aliphatic carbocycles. The smallest absolute Gasteiger partial charge is 0.234 e. The van der Waals surface area contributed by atoms with Crippen LogP contribution in [0.1, 0.15) is 59.3 Å². The SMILES string of the molecule is CCC(CC)NC(=O)CNC(C)C1CC2CCC1C2. The van der Waals surface area contributed by atoms with E-state index in [2.05, 4.69) is 31.4 Å². The molecule has 2 bridgehead atoms. The van der Waals surface area contributed by atoms with Gasteiger partial charge < -0.3 is 10.6 Å². The Labute approximate surface area is 117 Å². The van der Waals surface area contributed by atoms with E-state index in [1.54, 1.807) is 0 Å². The molecule has 3 heteroatoms. The monoisotopic (exact) mass is 266 g/mol. The van der Waals surface area contributed by atoms with Gasteiger partial charge in [0.25, 0.3) is 0 Å². The first-order chi connectivity index (χ1) is 9.13. The highest BCUT2D eigenvalue weighted by Gasteiger charge is 2.41. The van der Waals surface area contributed by atoms with Crippen molar-refractivity contribution in [2.24, 2.45) is 17.8 Å². The fourth-order valence-electron chi connectivity index (χ4n) is 4.08. The van der Waals surface area contributed by atoms with Crippen LogP contribution in [0.15, 0.2) is 0 Å². The number of amides is 1. The van der Waals surface area contributed by atoms with Crippen LogP contribution in [0.3, 0.4) is 0 Å². The zero-order valence-electron chi connectivity index (χ0n) is 12.7. The summed E-state index contributed by atoms with van der Waals surface area (Å²) in [5, 5.41) is 6.55. The van der Waals surface area contributed by atoms with Crippen molar-refractivity contribution in [2.45, 2.75) is 71.4 Å². The van der Waals surface area contributed by atoms with Crippen molar-refractivity contribution in [1.82, 2.24) is 10.6 Å². The number of rotatable bonds is 7. The average molecular weight is 266 g/mol. The van der Waals surface area contributed by atoms with Gasteiger partial charge in [0.05, 0.1) is 6.54 Å². The third kappa shape index (κ3) is 3.71. The third-order valence-corrected chi connectivity index (χ3v) is 5.37. The molecule has 3 nitrogen and oxygen atoms in total. The van der Waals surface area contributed by atoms with Crippen molar-refractivity contribution >= 4 is 5.91 Å². The maximum absolute atomic E-state index is 11.9. The molecule has 0 aromatic rings. The molecule has 0 aliphatic heterocycles. The van der Waals surface area contributed by atoms with Crippen molar-refractivity contribution in [2.75, 3.05) is 6.54 Å². The van der Waals surface area contributed by atoms with E-state index in [4.69, 9.17) is 0 Å². The molecule has 2 N–H and O–H groups in total. The summed E-state index contributed by atoms with van der Waals surface area (Å²) in [6.45, 7) is 6.99. The van der Waals surface area contributed by atoms with Gasteiger partial charge in [-0.15, -0.1) is 0 Å². The molecule has 4 atom stereocenters. The lowest BCUT2D eigenvalue weighted by Gasteiger charge is -2.28. The lowest BCUT2D eigenvalue weighted by atomic mass is 9.84. The molecular formula is C16H30N2O. The highest BCUT2D eigenvalue weighted by molar-refractivity contribution is 5.78. The van der Waals surface area contributed by atoms with Crippen LogP contribution < -0.4 is 10.6 Å². The van der Waals surface area contributed by atoms with Gasteiger partial charge in [-0.05, 0) is 56.8 Å². The van der Waals surface area contributed by atoms with Crippen LogP contribution in [0, 0.1) is 17.8 Å². The van der Waals surface area contributed by atoms with E-state index in [-0.39, 0.29) is 5.91 Å². The van der Waals surface area contributed by atoms with Crippen LogP contribution in [0.25, 0.3) is 0 Å². The van der Waals surface area contributed by atoms with Crippen LogP contribution in [0.2, 0.25) is 0 Å². The fraction of sp³-hybridized carbons (Fsp3) is 0.938. The van der Waals surface area contributed by atoms with Gasteiger partial charge in [-0.25, -0.2) is 0 Å². The fourth-order valence-corrected chi connectivity index (χ4v) is 4.08. The van der Waals surface area contributed by atoms with Crippen LogP contribution in [0.4, 0.5) is 0 Å². The summed E-state index contributed by atoms with van der Waals surface area (Å²) >= 11 is 0. The highest BCUT2D eigenvalue weighted by Crippen LogP contribution is 2.49. The maximum Gasteiger partial charge on any atom is 0.234 e. The zero-order valence-corrected chi connectivity index (χ0v) is 12.7. The first kappa shape index (κ1) is 14.8. The van der Waals surface area contributed by atoms with Gasteiger partial charge in [0.15, 0.2) is 0 Å². The molecule has 2 saturated carbocycles. The zero-order chi connectivity index (χ0) is 13.8. The van der Waals surface area contributed by atoms with E-state index < -0.39 is 0 Å². The Balaban J connectivity index is 1.68. The van der Waals surface area contributed by atoms with E-state index in [9.17, 15) is 4.79 Å². The number of nitrogens with one attached hydrogen (secondary N) is 2.